The van der Waals surface area contributed by atoms with E-state index in [0.29, 0.717) is 5.56 Å². The van der Waals surface area contributed by atoms with E-state index in [1.54, 1.807) is 24.3 Å². The second-order valence-electron chi connectivity index (χ2n) is 8.46. The normalized spacial score (nSPS) is 18.1. The first-order valence-corrected chi connectivity index (χ1v) is 14.1. The van der Waals surface area contributed by atoms with Gasteiger partial charge in [-0.2, -0.15) is 4.72 Å². The highest BCUT2D eigenvalue weighted by molar-refractivity contribution is 7.94. The molecule has 0 bridgehead atoms. The van der Waals surface area contributed by atoms with Crippen molar-refractivity contribution in [1.82, 2.24) is 14.2 Å². The molecule has 1 atom stereocenters. The van der Waals surface area contributed by atoms with E-state index < -0.39 is 30.8 Å². The summed E-state index contributed by atoms with van der Waals surface area (Å²) >= 11 is 0. The largest absolute Gasteiger partial charge is 0.288 e. The van der Waals surface area contributed by atoms with Gasteiger partial charge in [0.1, 0.15) is 0 Å². The fourth-order valence-electron chi connectivity index (χ4n) is 3.83. The summed E-state index contributed by atoms with van der Waals surface area (Å²) in [7, 11) is -8.63. The number of carbonyl (C=O) groups excluding carboxylic acids is 1. The number of sulfonamides is 1. The van der Waals surface area contributed by atoms with Crippen LogP contribution in [0.1, 0.15) is 23.1 Å². The number of aryl methyl sites for hydroxylation is 1. The van der Waals surface area contributed by atoms with Crippen LogP contribution in [0.3, 0.4) is 0 Å². The molecule has 1 unspecified atom stereocenters. The lowest BCUT2D eigenvalue weighted by molar-refractivity contribution is -0.124. The van der Waals surface area contributed by atoms with Crippen LogP contribution in [0.25, 0.3) is 11.6 Å². The Kier molecular flexibility index (Phi) is 7.32. The third kappa shape index (κ3) is 5.49. The van der Waals surface area contributed by atoms with Crippen LogP contribution in [0.4, 0.5) is 0 Å². The molecule has 1 amide bonds. The second-order valence-corrected chi connectivity index (χ2v) is 12.2. The highest BCUT2D eigenvalue weighted by atomic mass is 32.2. The Balaban J connectivity index is 1.76. The van der Waals surface area contributed by atoms with Gasteiger partial charge in [-0.25, -0.2) is 22.3 Å². The standard InChI is InChI=1S/C26H25N3O6S2/c1-20-7-10-24(11-8-20)36(32,33)28-26(16-13-23(14-17-26)22-5-3-2-4-6-22)37(34,35)29-18-15-21(19-29)9-12-25(30)27-31/h2-16,18-19,28,31H,17H2,1H3,(H,27,30). The van der Waals surface area contributed by atoms with Crippen molar-refractivity contribution >= 4 is 37.6 Å². The van der Waals surface area contributed by atoms with Crippen molar-refractivity contribution in [3.8, 4) is 0 Å². The Bertz CT molecular complexity index is 1600. The first-order chi connectivity index (χ1) is 17.6. The third-order valence-electron chi connectivity index (χ3n) is 5.87. The van der Waals surface area contributed by atoms with Crippen molar-refractivity contribution in [2.45, 2.75) is 23.1 Å². The Labute approximate surface area is 215 Å². The molecule has 0 saturated carbocycles. The Morgan fingerprint density at radius 1 is 1.03 bits per heavy atom. The average molecular weight is 540 g/mol. The van der Waals surface area contributed by atoms with Crippen molar-refractivity contribution in [3.63, 3.8) is 0 Å². The maximum atomic E-state index is 13.9. The smallest absolute Gasteiger partial charge is 0.267 e. The van der Waals surface area contributed by atoms with Crippen LogP contribution in [0.2, 0.25) is 0 Å². The minimum absolute atomic E-state index is 0.0648. The summed E-state index contributed by atoms with van der Waals surface area (Å²) in [5.41, 5.74) is 4.28. The van der Waals surface area contributed by atoms with E-state index in [2.05, 4.69) is 4.72 Å². The molecule has 3 aromatic rings. The van der Waals surface area contributed by atoms with Gasteiger partial charge in [0, 0.05) is 24.9 Å². The molecule has 9 nitrogen and oxygen atoms in total. The highest BCUT2D eigenvalue weighted by Crippen LogP contribution is 2.34. The van der Waals surface area contributed by atoms with Crippen molar-refractivity contribution in [2.75, 3.05) is 0 Å². The molecule has 0 spiro atoms. The number of nitrogens with one attached hydrogen (secondary N) is 2. The number of amides is 1. The molecular formula is C26H25N3O6S2. The molecule has 0 fully saturated rings. The summed E-state index contributed by atoms with van der Waals surface area (Å²) in [4.78, 5) is 9.19. The molecular weight excluding hydrogens is 514 g/mol. The van der Waals surface area contributed by atoms with Gasteiger partial charge in [-0.15, -0.1) is 0 Å². The average Bonchev–Trinajstić information content (AvgIpc) is 3.38. The lowest BCUT2D eigenvalue weighted by Gasteiger charge is -2.33. The van der Waals surface area contributed by atoms with Crippen LogP contribution < -0.4 is 10.2 Å². The summed E-state index contributed by atoms with van der Waals surface area (Å²) in [6, 6.07) is 16.9. The molecule has 0 aliphatic heterocycles. The molecule has 37 heavy (non-hydrogen) atoms. The number of benzene rings is 2. The lowest BCUT2D eigenvalue weighted by atomic mass is 9.97. The van der Waals surface area contributed by atoms with Crippen LogP contribution in [-0.2, 0) is 24.8 Å². The minimum Gasteiger partial charge on any atom is -0.288 e. The van der Waals surface area contributed by atoms with E-state index in [9.17, 15) is 21.6 Å². The molecule has 4 rings (SSSR count). The van der Waals surface area contributed by atoms with Crippen molar-refractivity contribution in [1.29, 1.82) is 0 Å². The van der Waals surface area contributed by atoms with Crippen LogP contribution in [0, 0.1) is 6.92 Å². The predicted molar refractivity (Wildman–Crippen MR) is 140 cm³/mol. The molecule has 1 heterocycles. The fraction of sp³-hybridized carbons (Fsp3) is 0.115. The van der Waals surface area contributed by atoms with Gasteiger partial charge < -0.3 is 0 Å². The summed E-state index contributed by atoms with van der Waals surface area (Å²) in [5.74, 6) is -0.785. The summed E-state index contributed by atoms with van der Waals surface area (Å²) in [6.45, 7) is 1.82. The van der Waals surface area contributed by atoms with E-state index in [1.807, 2.05) is 37.3 Å². The maximum absolute atomic E-state index is 13.9. The summed E-state index contributed by atoms with van der Waals surface area (Å²) in [6.07, 6.45) is 9.30. The molecule has 3 N–H and O–H groups in total. The molecule has 0 radical (unpaired) electrons. The highest BCUT2D eigenvalue weighted by Gasteiger charge is 2.46. The van der Waals surface area contributed by atoms with Crippen LogP contribution in [0.5, 0.6) is 0 Å². The molecule has 1 aromatic heterocycles. The quantitative estimate of drug-likeness (QED) is 0.229. The molecule has 2 aromatic carbocycles. The summed E-state index contributed by atoms with van der Waals surface area (Å²) < 4.78 is 57.9. The number of hydrogen-bond acceptors (Lipinski definition) is 6. The van der Waals surface area contributed by atoms with E-state index >= 15 is 0 Å². The predicted octanol–water partition coefficient (Wildman–Crippen LogP) is 3.21. The van der Waals surface area contributed by atoms with Gasteiger partial charge in [0.2, 0.25) is 10.0 Å². The van der Waals surface area contributed by atoms with Crippen LogP contribution in [-0.4, -0.2) is 36.8 Å². The number of hydroxylamine groups is 1. The molecule has 11 heteroatoms. The van der Waals surface area contributed by atoms with E-state index in [4.69, 9.17) is 5.21 Å². The van der Waals surface area contributed by atoms with Gasteiger partial charge in [-0.05, 0) is 54.0 Å². The molecule has 1 aliphatic rings. The SMILES string of the molecule is Cc1ccc(S(=O)(=O)NC2(S(=O)(=O)n3ccc(C=CC(=O)NO)c3)C=CC(c3ccccc3)=CC2)cc1. The number of aromatic nitrogens is 1. The van der Waals surface area contributed by atoms with Crippen molar-refractivity contribution in [2.24, 2.45) is 0 Å². The monoisotopic (exact) mass is 539 g/mol. The van der Waals surface area contributed by atoms with Crippen molar-refractivity contribution < 1.29 is 26.8 Å². The van der Waals surface area contributed by atoms with E-state index in [1.165, 1.54) is 48.2 Å². The fourth-order valence-corrected chi connectivity index (χ4v) is 7.19. The van der Waals surface area contributed by atoms with Gasteiger partial charge in [-0.1, -0.05) is 60.2 Å². The Morgan fingerprint density at radius 3 is 2.35 bits per heavy atom. The third-order valence-corrected chi connectivity index (χ3v) is 9.63. The maximum Gasteiger partial charge on any atom is 0.267 e. The first kappa shape index (κ1) is 26.3. The zero-order valence-electron chi connectivity index (χ0n) is 19.8. The number of carbonyl (C=O) groups is 1. The van der Waals surface area contributed by atoms with Gasteiger partial charge in [-0.3, -0.25) is 14.0 Å². The number of nitrogens with zero attached hydrogens (tertiary/aromatic N) is 1. The van der Waals surface area contributed by atoms with Crippen LogP contribution >= 0.6 is 0 Å². The molecule has 192 valence electrons. The topological polar surface area (TPSA) is 135 Å². The Hall–Kier alpha value is -3.77. The first-order valence-electron chi connectivity index (χ1n) is 11.2. The van der Waals surface area contributed by atoms with Gasteiger partial charge in [0.15, 0.2) is 4.87 Å². The number of allylic oxidation sites excluding steroid dienone is 2. The number of rotatable bonds is 8. The molecule has 0 saturated heterocycles. The lowest BCUT2D eigenvalue weighted by Crippen LogP contribution is -2.54. The van der Waals surface area contributed by atoms with Gasteiger partial charge in [0.25, 0.3) is 15.9 Å². The zero-order valence-corrected chi connectivity index (χ0v) is 21.4. The van der Waals surface area contributed by atoms with E-state index in [-0.39, 0.29) is 11.3 Å². The Morgan fingerprint density at radius 2 is 1.73 bits per heavy atom. The second kappa shape index (κ2) is 10.3. The van der Waals surface area contributed by atoms with Crippen molar-refractivity contribution in [3.05, 3.63) is 114 Å². The molecule has 1 aliphatic carbocycles. The zero-order chi connectivity index (χ0) is 26.7. The summed E-state index contributed by atoms with van der Waals surface area (Å²) in [5, 5.41) is 8.64. The number of hydrogen-bond donors (Lipinski definition) is 3. The van der Waals surface area contributed by atoms with Crippen LogP contribution in [0.15, 0.2) is 102 Å². The van der Waals surface area contributed by atoms with E-state index in [0.717, 1.165) is 26.7 Å². The van der Waals surface area contributed by atoms with Gasteiger partial charge in [0.05, 0.1) is 4.90 Å². The van der Waals surface area contributed by atoms with Gasteiger partial charge >= 0.3 is 0 Å². The minimum atomic E-state index is -4.39.